The Morgan fingerprint density at radius 3 is 1.57 bits per heavy atom. The Kier molecular flexibility index (Phi) is 10.9. The topological polar surface area (TPSA) is 52.0 Å². The van der Waals surface area contributed by atoms with E-state index in [1.165, 1.54) is 57.8 Å². The van der Waals surface area contributed by atoms with Gasteiger partial charge in [0.1, 0.15) is 0 Å². The Morgan fingerprint density at radius 2 is 1.29 bits per heavy atom. The summed E-state index contributed by atoms with van der Waals surface area (Å²) in [5, 5.41) is 0. The molecule has 1 fully saturated rings. The van der Waals surface area contributed by atoms with Crippen molar-refractivity contribution in [2.45, 2.75) is 77.3 Å². The highest BCUT2D eigenvalue weighted by Gasteiger charge is 1.95. The number of hydrogen-bond donors (Lipinski definition) is 2. The van der Waals surface area contributed by atoms with Gasteiger partial charge in [-0.1, -0.05) is 64.7 Å². The standard InChI is InChI=1S/C6H16N2.C6H12/c1-2-3-4-5-6(7)8;1-2-4-6-5-3-1/h6H,2-5,7-8H2,1H3;1-6H2. The van der Waals surface area contributed by atoms with Gasteiger partial charge in [0.15, 0.2) is 0 Å². The van der Waals surface area contributed by atoms with Crippen LogP contribution in [0.25, 0.3) is 0 Å². The predicted octanol–water partition coefficient (Wildman–Crippen LogP) is 3.15. The van der Waals surface area contributed by atoms with E-state index in [4.69, 9.17) is 11.5 Å². The molecule has 0 spiro atoms. The fourth-order valence-corrected chi connectivity index (χ4v) is 1.69. The van der Waals surface area contributed by atoms with E-state index >= 15 is 0 Å². The predicted molar refractivity (Wildman–Crippen MR) is 64.0 cm³/mol. The molecule has 0 aromatic rings. The zero-order valence-electron chi connectivity index (χ0n) is 9.80. The molecule has 0 saturated heterocycles. The third-order valence-electron chi connectivity index (χ3n) is 2.64. The number of unbranched alkanes of at least 4 members (excludes halogenated alkanes) is 2. The van der Waals surface area contributed by atoms with Crippen LogP contribution in [0.1, 0.15) is 71.1 Å². The van der Waals surface area contributed by atoms with Crippen molar-refractivity contribution in [1.29, 1.82) is 0 Å². The lowest BCUT2D eigenvalue weighted by Crippen LogP contribution is -2.29. The van der Waals surface area contributed by atoms with Crippen LogP contribution >= 0.6 is 0 Å². The van der Waals surface area contributed by atoms with E-state index < -0.39 is 0 Å². The molecule has 2 heteroatoms. The van der Waals surface area contributed by atoms with Crippen LogP contribution in [0, 0.1) is 0 Å². The van der Waals surface area contributed by atoms with Crippen molar-refractivity contribution in [3.8, 4) is 0 Å². The summed E-state index contributed by atoms with van der Waals surface area (Å²) in [6.45, 7) is 2.17. The van der Waals surface area contributed by atoms with Gasteiger partial charge in [-0.3, -0.25) is 0 Å². The average Bonchev–Trinajstić information content (AvgIpc) is 2.21. The van der Waals surface area contributed by atoms with Crippen molar-refractivity contribution in [1.82, 2.24) is 0 Å². The van der Waals surface area contributed by atoms with Gasteiger partial charge in [-0.2, -0.15) is 0 Å². The lowest BCUT2D eigenvalue weighted by molar-refractivity contribution is 0.504. The van der Waals surface area contributed by atoms with E-state index in [9.17, 15) is 0 Å². The van der Waals surface area contributed by atoms with Crippen LogP contribution in [0.5, 0.6) is 0 Å². The molecular formula is C12H28N2. The zero-order chi connectivity index (χ0) is 10.6. The molecule has 0 unspecified atom stereocenters. The van der Waals surface area contributed by atoms with Gasteiger partial charge >= 0.3 is 0 Å². The SMILES string of the molecule is C1CCCCC1.CCCCCC(N)N. The third kappa shape index (κ3) is 11.9. The van der Waals surface area contributed by atoms with Gasteiger partial charge in [-0.05, 0) is 6.42 Å². The van der Waals surface area contributed by atoms with Gasteiger partial charge in [-0.25, -0.2) is 0 Å². The molecule has 0 aromatic carbocycles. The van der Waals surface area contributed by atoms with Crippen LogP contribution < -0.4 is 11.5 Å². The van der Waals surface area contributed by atoms with Crippen LogP contribution in [0.15, 0.2) is 0 Å². The summed E-state index contributed by atoms with van der Waals surface area (Å²) in [6, 6.07) is 0. The second-order valence-corrected chi connectivity index (χ2v) is 4.28. The molecule has 0 aromatic heterocycles. The third-order valence-corrected chi connectivity index (χ3v) is 2.64. The van der Waals surface area contributed by atoms with E-state index in [2.05, 4.69) is 6.92 Å². The fourth-order valence-electron chi connectivity index (χ4n) is 1.69. The molecule has 2 nitrogen and oxygen atoms in total. The fraction of sp³-hybridized carbons (Fsp3) is 1.00. The van der Waals surface area contributed by atoms with Gasteiger partial charge in [-0.15, -0.1) is 0 Å². The Labute approximate surface area is 89.4 Å². The maximum Gasteiger partial charge on any atom is 0.0520 e. The highest BCUT2D eigenvalue weighted by Crippen LogP contribution is 2.15. The van der Waals surface area contributed by atoms with Crippen LogP contribution in [0.3, 0.4) is 0 Å². The molecule has 0 heterocycles. The Bertz CT molecular complexity index is 87.0. The maximum absolute atomic E-state index is 5.31. The van der Waals surface area contributed by atoms with Crippen molar-refractivity contribution in [3.63, 3.8) is 0 Å². The highest BCUT2D eigenvalue weighted by molar-refractivity contribution is 4.51. The van der Waals surface area contributed by atoms with E-state index in [1.807, 2.05) is 0 Å². The summed E-state index contributed by atoms with van der Waals surface area (Å²) in [6.07, 6.45) is 13.5. The van der Waals surface area contributed by atoms with Crippen molar-refractivity contribution in [2.75, 3.05) is 0 Å². The van der Waals surface area contributed by atoms with Gasteiger partial charge in [0.25, 0.3) is 0 Å². The number of hydrogen-bond acceptors (Lipinski definition) is 2. The zero-order valence-corrected chi connectivity index (χ0v) is 9.80. The average molecular weight is 200 g/mol. The van der Waals surface area contributed by atoms with Gasteiger partial charge < -0.3 is 11.5 Å². The first kappa shape index (κ1) is 13.9. The van der Waals surface area contributed by atoms with Crippen molar-refractivity contribution >= 4 is 0 Å². The minimum atomic E-state index is -0.0958. The Hall–Kier alpha value is -0.0800. The van der Waals surface area contributed by atoms with Crippen LogP contribution in [-0.4, -0.2) is 6.17 Å². The summed E-state index contributed by atoms with van der Waals surface area (Å²) < 4.78 is 0. The first-order chi connectivity index (χ1) is 6.77. The van der Waals surface area contributed by atoms with E-state index in [-0.39, 0.29) is 6.17 Å². The molecule has 86 valence electrons. The second-order valence-electron chi connectivity index (χ2n) is 4.28. The van der Waals surface area contributed by atoms with Crippen molar-refractivity contribution in [2.24, 2.45) is 11.5 Å². The van der Waals surface area contributed by atoms with Gasteiger partial charge in [0.05, 0.1) is 6.17 Å². The summed E-state index contributed by atoms with van der Waals surface area (Å²) >= 11 is 0. The molecule has 0 aliphatic heterocycles. The quantitative estimate of drug-likeness (QED) is 0.541. The molecule has 0 atom stereocenters. The van der Waals surface area contributed by atoms with Gasteiger partial charge in [0.2, 0.25) is 0 Å². The molecule has 1 aliphatic carbocycles. The summed E-state index contributed by atoms with van der Waals surface area (Å²) in [5.74, 6) is 0. The van der Waals surface area contributed by atoms with Crippen LogP contribution in [0.2, 0.25) is 0 Å². The molecular weight excluding hydrogens is 172 g/mol. The molecule has 1 rings (SSSR count). The van der Waals surface area contributed by atoms with E-state index in [1.54, 1.807) is 0 Å². The summed E-state index contributed by atoms with van der Waals surface area (Å²) in [4.78, 5) is 0. The molecule has 14 heavy (non-hydrogen) atoms. The number of nitrogens with two attached hydrogens (primary N) is 2. The van der Waals surface area contributed by atoms with Gasteiger partial charge in [0, 0.05) is 0 Å². The monoisotopic (exact) mass is 200 g/mol. The first-order valence-corrected chi connectivity index (χ1v) is 6.28. The normalized spacial score (nSPS) is 16.3. The molecule has 1 aliphatic rings. The Morgan fingerprint density at radius 1 is 0.857 bits per heavy atom. The minimum absolute atomic E-state index is 0.0958. The first-order valence-electron chi connectivity index (χ1n) is 6.28. The molecule has 0 amide bonds. The van der Waals surface area contributed by atoms with E-state index in [0.29, 0.717) is 0 Å². The van der Waals surface area contributed by atoms with Crippen molar-refractivity contribution < 1.29 is 0 Å². The highest BCUT2D eigenvalue weighted by atomic mass is 14.8. The summed E-state index contributed by atoms with van der Waals surface area (Å²) in [5.41, 5.74) is 10.6. The lowest BCUT2D eigenvalue weighted by Gasteiger charge is -2.05. The maximum atomic E-state index is 5.31. The molecule has 4 N–H and O–H groups in total. The van der Waals surface area contributed by atoms with Crippen LogP contribution in [0.4, 0.5) is 0 Å². The second kappa shape index (κ2) is 11.0. The molecule has 0 bridgehead atoms. The minimum Gasteiger partial charge on any atom is -0.316 e. The van der Waals surface area contributed by atoms with Crippen molar-refractivity contribution in [3.05, 3.63) is 0 Å². The molecule has 0 radical (unpaired) electrons. The lowest BCUT2D eigenvalue weighted by atomic mass is 10.0. The molecule has 1 saturated carbocycles. The smallest absolute Gasteiger partial charge is 0.0520 e. The summed E-state index contributed by atoms with van der Waals surface area (Å²) in [7, 11) is 0. The number of rotatable bonds is 4. The Balaban J connectivity index is 0.000000249. The van der Waals surface area contributed by atoms with Crippen LogP contribution in [-0.2, 0) is 0 Å². The van der Waals surface area contributed by atoms with E-state index in [0.717, 1.165) is 6.42 Å². The largest absolute Gasteiger partial charge is 0.316 e.